The first-order valence-electron chi connectivity index (χ1n) is 12.2. The molecule has 1 aliphatic heterocycles. The number of carbonyl (C=O) groups is 1. The maximum absolute atomic E-state index is 12.2. The molecular formula is C27H35BO5. The highest BCUT2D eigenvalue weighted by Crippen LogP contribution is 2.69. The Labute approximate surface area is 197 Å². The predicted molar refractivity (Wildman–Crippen MR) is 128 cm³/mol. The quantitative estimate of drug-likeness (QED) is 0.470. The monoisotopic (exact) mass is 450 g/mol. The highest BCUT2D eigenvalue weighted by atomic mass is 16.7. The van der Waals surface area contributed by atoms with Gasteiger partial charge >= 0.3 is 13.1 Å². The zero-order chi connectivity index (χ0) is 23.6. The van der Waals surface area contributed by atoms with Gasteiger partial charge in [0.15, 0.2) is 0 Å². The van der Waals surface area contributed by atoms with Crippen LogP contribution in [-0.4, -0.2) is 30.9 Å². The fraction of sp³-hybridized carbons (Fsp3) is 0.593. The number of hydrogen-bond donors (Lipinski definition) is 0. The first-order chi connectivity index (χ1) is 15.5. The van der Waals surface area contributed by atoms with E-state index >= 15 is 0 Å². The van der Waals surface area contributed by atoms with Gasteiger partial charge in [-0.25, -0.2) is 0 Å². The van der Waals surface area contributed by atoms with Crippen molar-refractivity contribution in [3.63, 3.8) is 0 Å². The lowest BCUT2D eigenvalue weighted by Gasteiger charge is -2.33. The van der Waals surface area contributed by atoms with E-state index in [1.54, 1.807) is 0 Å². The second-order valence-electron chi connectivity index (χ2n) is 11.3. The van der Waals surface area contributed by atoms with E-state index < -0.39 is 0 Å². The summed E-state index contributed by atoms with van der Waals surface area (Å²) in [6.45, 7) is 13.4. The fourth-order valence-corrected chi connectivity index (χ4v) is 5.85. The molecule has 3 fully saturated rings. The lowest BCUT2D eigenvalue weighted by atomic mass is 9.74. The van der Waals surface area contributed by atoms with Crippen LogP contribution >= 0.6 is 0 Å². The Morgan fingerprint density at radius 2 is 1.85 bits per heavy atom. The van der Waals surface area contributed by atoms with Crippen molar-refractivity contribution in [2.75, 3.05) is 6.61 Å². The summed E-state index contributed by atoms with van der Waals surface area (Å²) in [6.07, 6.45) is 6.21. The van der Waals surface area contributed by atoms with Crippen molar-refractivity contribution in [2.45, 2.75) is 72.2 Å². The van der Waals surface area contributed by atoms with Gasteiger partial charge in [-0.15, -0.1) is 0 Å². The Kier molecular flexibility index (Phi) is 5.33. The molecule has 1 saturated heterocycles. The molecule has 0 radical (unpaired) electrons. The van der Waals surface area contributed by atoms with Gasteiger partial charge in [0.1, 0.15) is 6.61 Å². The van der Waals surface area contributed by atoms with Crippen molar-refractivity contribution in [3.8, 4) is 0 Å². The van der Waals surface area contributed by atoms with Gasteiger partial charge in [0.05, 0.1) is 29.5 Å². The standard InChI is InChI=1S/C27H35BO5/c1-7-30-24(29)23-20-15-27(6)14-19(11-12-21(27)22(20)23)31-16-17-9-8-10-18(13-17)28-32-25(2,3)26(4,5)33-28/h8-13,20,22-23H,7,14-16H2,1-6H3/t20-,22-,23+,27?/m1/s1. The molecule has 1 unspecified atom stereocenters. The molecule has 3 aliphatic carbocycles. The van der Waals surface area contributed by atoms with Crippen LogP contribution in [0.2, 0.25) is 0 Å². The minimum Gasteiger partial charge on any atom is -0.493 e. The lowest BCUT2D eigenvalue weighted by Crippen LogP contribution is -2.41. The zero-order valence-electron chi connectivity index (χ0n) is 20.6. The molecule has 4 aliphatic rings. The summed E-state index contributed by atoms with van der Waals surface area (Å²) in [5.41, 5.74) is 2.89. The van der Waals surface area contributed by atoms with Crippen LogP contribution in [0.25, 0.3) is 0 Å². The molecule has 6 heteroatoms. The van der Waals surface area contributed by atoms with Gasteiger partial charge in [-0.1, -0.05) is 42.8 Å². The molecule has 4 atom stereocenters. The van der Waals surface area contributed by atoms with Gasteiger partial charge in [0.25, 0.3) is 0 Å². The molecule has 1 heterocycles. The number of esters is 1. The summed E-state index contributed by atoms with van der Waals surface area (Å²) in [7, 11) is -0.370. The molecule has 2 saturated carbocycles. The number of ether oxygens (including phenoxy) is 2. The number of fused-ring (bicyclic) bond motifs is 3. The summed E-state index contributed by atoms with van der Waals surface area (Å²) in [5, 5.41) is 0. The van der Waals surface area contributed by atoms with Crippen molar-refractivity contribution in [1.82, 2.24) is 0 Å². The Balaban J connectivity index is 1.23. The van der Waals surface area contributed by atoms with Crippen molar-refractivity contribution >= 4 is 18.6 Å². The molecule has 0 bridgehead atoms. The third kappa shape index (κ3) is 3.85. The molecule has 0 spiro atoms. The number of rotatable bonds is 6. The lowest BCUT2D eigenvalue weighted by molar-refractivity contribution is -0.145. The van der Waals surface area contributed by atoms with Crippen LogP contribution in [0.3, 0.4) is 0 Å². The van der Waals surface area contributed by atoms with Crippen LogP contribution in [0.5, 0.6) is 0 Å². The van der Waals surface area contributed by atoms with Crippen LogP contribution in [0.15, 0.2) is 47.7 Å². The first-order valence-corrected chi connectivity index (χ1v) is 12.2. The third-order valence-corrected chi connectivity index (χ3v) is 8.38. The Morgan fingerprint density at radius 3 is 2.55 bits per heavy atom. The van der Waals surface area contributed by atoms with Crippen LogP contribution in [0.4, 0.5) is 0 Å². The van der Waals surface area contributed by atoms with Gasteiger partial charge in [-0.2, -0.15) is 0 Å². The van der Waals surface area contributed by atoms with Gasteiger partial charge in [0.2, 0.25) is 0 Å². The second kappa shape index (κ2) is 7.74. The normalized spacial score (nSPS) is 33.0. The van der Waals surface area contributed by atoms with E-state index in [-0.39, 0.29) is 35.6 Å². The number of benzene rings is 1. The highest BCUT2D eigenvalue weighted by molar-refractivity contribution is 6.62. The topological polar surface area (TPSA) is 54.0 Å². The largest absolute Gasteiger partial charge is 0.494 e. The average Bonchev–Trinajstić information content (AvgIpc) is 3.26. The minimum absolute atomic E-state index is 0.0247. The molecule has 5 rings (SSSR count). The Bertz CT molecular complexity index is 1010. The minimum atomic E-state index is -0.370. The number of hydrogen-bond acceptors (Lipinski definition) is 5. The van der Waals surface area contributed by atoms with Gasteiger partial charge in [-0.05, 0) is 75.4 Å². The molecule has 176 valence electrons. The van der Waals surface area contributed by atoms with E-state index in [1.807, 2.05) is 19.1 Å². The van der Waals surface area contributed by atoms with Crippen molar-refractivity contribution < 1.29 is 23.6 Å². The van der Waals surface area contributed by atoms with Crippen molar-refractivity contribution in [3.05, 3.63) is 53.3 Å². The third-order valence-electron chi connectivity index (χ3n) is 8.38. The summed E-state index contributed by atoms with van der Waals surface area (Å²) < 4.78 is 23.9. The average molecular weight is 450 g/mol. The molecule has 1 aromatic carbocycles. The van der Waals surface area contributed by atoms with Crippen LogP contribution in [-0.2, 0) is 30.2 Å². The molecule has 0 amide bonds. The maximum atomic E-state index is 12.2. The predicted octanol–water partition coefficient (Wildman–Crippen LogP) is 4.55. The van der Waals surface area contributed by atoms with Crippen LogP contribution in [0.1, 0.15) is 59.9 Å². The molecule has 33 heavy (non-hydrogen) atoms. The Hall–Kier alpha value is -2.05. The van der Waals surface area contributed by atoms with E-state index in [0.717, 1.165) is 29.6 Å². The summed E-state index contributed by atoms with van der Waals surface area (Å²) >= 11 is 0. The first kappa shape index (κ1) is 22.7. The van der Waals surface area contributed by atoms with E-state index in [9.17, 15) is 4.79 Å². The smallest absolute Gasteiger partial charge is 0.493 e. The van der Waals surface area contributed by atoms with E-state index in [1.165, 1.54) is 5.57 Å². The second-order valence-corrected chi connectivity index (χ2v) is 11.3. The Morgan fingerprint density at radius 1 is 1.12 bits per heavy atom. The summed E-state index contributed by atoms with van der Waals surface area (Å²) in [6, 6.07) is 8.28. The van der Waals surface area contributed by atoms with Crippen LogP contribution in [0, 0.1) is 23.2 Å². The van der Waals surface area contributed by atoms with E-state index in [2.05, 4.69) is 58.9 Å². The number of carbonyl (C=O) groups excluding carboxylic acids is 1. The maximum Gasteiger partial charge on any atom is 0.494 e. The van der Waals surface area contributed by atoms with Gasteiger partial charge in [-0.3, -0.25) is 4.79 Å². The van der Waals surface area contributed by atoms with Crippen molar-refractivity contribution in [2.24, 2.45) is 23.2 Å². The molecule has 1 aromatic rings. The molecular weight excluding hydrogens is 415 g/mol. The van der Waals surface area contributed by atoms with Crippen molar-refractivity contribution in [1.29, 1.82) is 0 Å². The molecule has 0 N–H and O–H groups in total. The van der Waals surface area contributed by atoms with E-state index in [0.29, 0.717) is 25.0 Å². The molecule has 0 aromatic heterocycles. The summed E-state index contributed by atoms with van der Waals surface area (Å²) in [5.74, 6) is 1.85. The fourth-order valence-electron chi connectivity index (χ4n) is 5.85. The van der Waals surface area contributed by atoms with E-state index in [4.69, 9.17) is 18.8 Å². The van der Waals surface area contributed by atoms with Crippen LogP contribution < -0.4 is 5.46 Å². The number of allylic oxidation sites excluding steroid dienone is 4. The zero-order valence-corrected chi connectivity index (χ0v) is 20.6. The van der Waals surface area contributed by atoms with Gasteiger partial charge < -0.3 is 18.8 Å². The summed E-state index contributed by atoms with van der Waals surface area (Å²) in [4.78, 5) is 12.2. The molecule has 5 nitrogen and oxygen atoms in total. The highest BCUT2D eigenvalue weighted by Gasteiger charge is 2.66. The SMILES string of the molecule is CCOC(=O)[C@H]1[C@@H]2CC3(C)CC(OCc4cccc(B5OC(C)(C)C(C)(C)O5)c4)=CC=C3[C@@H]21. The van der Waals surface area contributed by atoms with Gasteiger partial charge in [0, 0.05) is 6.42 Å².